The van der Waals surface area contributed by atoms with Crippen LogP contribution < -0.4 is 0 Å². The average molecular weight is 320 g/mol. The number of fused-ring (bicyclic) bond motifs is 1. The number of benzene rings is 1. The smallest absolute Gasteiger partial charge is 0.159 e. The SMILES string of the molecule is C=C/C=C\C=N.CC.Cn1c(-c2ccccn2)nc2ccccc21. The molecule has 0 radical (unpaired) electrons. The van der Waals surface area contributed by atoms with Crippen LogP contribution in [0.3, 0.4) is 0 Å². The summed E-state index contributed by atoms with van der Waals surface area (Å²) in [6.07, 6.45) is 7.93. The predicted molar refractivity (Wildman–Crippen MR) is 103 cm³/mol. The number of hydrogen-bond donors (Lipinski definition) is 1. The Balaban J connectivity index is 0.000000309. The number of imidazole rings is 1. The van der Waals surface area contributed by atoms with E-state index in [2.05, 4.69) is 27.2 Å². The van der Waals surface area contributed by atoms with E-state index in [4.69, 9.17) is 5.41 Å². The van der Waals surface area contributed by atoms with Gasteiger partial charge in [0.1, 0.15) is 5.69 Å². The molecule has 0 saturated carbocycles. The van der Waals surface area contributed by atoms with Gasteiger partial charge in [-0.2, -0.15) is 0 Å². The van der Waals surface area contributed by atoms with E-state index in [0.717, 1.165) is 22.6 Å². The standard InChI is InChI=1S/C13H11N3.C5H7N.C2H6/c1-16-12-8-3-2-6-10(12)15-13(16)11-7-4-5-9-14-11;1-2-3-4-5-6;1-2/h2-9H,1H3;2-6H,1H2;1-2H3/b;4-3-,6-5?;. The highest BCUT2D eigenvalue weighted by Crippen LogP contribution is 2.21. The monoisotopic (exact) mass is 320 g/mol. The first-order valence-electron chi connectivity index (χ1n) is 7.89. The van der Waals surface area contributed by atoms with Crippen molar-refractivity contribution in [3.63, 3.8) is 0 Å². The Morgan fingerprint density at radius 2 is 1.75 bits per heavy atom. The molecular formula is C20H24N4. The molecule has 0 aliphatic carbocycles. The molecule has 24 heavy (non-hydrogen) atoms. The fourth-order valence-electron chi connectivity index (χ4n) is 2.00. The molecule has 0 amide bonds. The van der Waals surface area contributed by atoms with E-state index in [1.54, 1.807) is 24.4 Å². The van der Waals surface area contributed by atoms with Gasteiger partial charge < -0.3 is 9.98 Å². The Kier molecular flexibility index (Phi) is 8.47. The summed E-state index contributed by atoms with van der Waals surface area (Å²) in [7, 11) is 2.01. The van der Waals surface area contributed by atoms with Gasteiger partial charge in [-0.15, -0.1) is 0 Å². The predicted octanol–water partition coefficient (Wildman–Crippen LogP) is 5.04. The molecule has 1 aromatic carbocycles. The molecule has 124 valence electrons. The van der Waals surface area contributed by atoms with Crippen molar-refractivity contribution >= 4 is 17.2 Å². The van der Waals surface area contributed by atoms with Crippen molar-refractivity contribution in [2.24, 2.45) is 7.05 Å². The van der Waals surface area contributed by atoms with Gasteiger partial charge in [-0.3, -0.25) is 4.98 Å². The quantitative estimate of drug-likeness (QED) is 0.543. The molecular weight excluding hydrogens is 296 g/mol. The molecule has 0 bridgehead atoms. The lowest BCUT2D eigenvalue weighted by molar-refractivity contribution is 0.950. The highest BCUT2D eigenvalue weighted by molar-refractivity contribution is 5.79. The number of aryl methyl sites for hydroxylation is 1. The van der Waals surface area contributed by atoms with Crippen molar-refractivity contribution in [3.05, 3.63) is 73.5 Å². The first-order chi connectivity index (χ1) is 11.8. The molecule has 3 aromatic rings. The Hall–Kier alpha value is -3.01. The van der Waals surface area contributed by atoms with Crippen LogP contribution in [0.5, 0.6) is 0 Å². The maximum absolute atomic E-state index is 6.45. The molecule has 4 heteroatoms. The van der Waals surface area contributed by atoms with Crippen molar-refractivity contribution in [2.45, 2.75) is 13.8 Å². The summed E-state index contributed by atoms with van der Waals surface area (Å²) in [5, 5.41) is 6.45. The van der Waals surface area contributed by atoms with Crippen molar-refractivity contribution in [3.8, 4) is 11.5 Å². The molecule has 0 aliphatic rings. The summed E-state index contributed by atoms with van der Waals surface area (Å²) in [6, 6.07) is 14.0. The molecule has 3 rings (SSSR count). The largest absolute Gasteiger partial charge is 0.326 e. The Morgan fingerprint density at radius 3 is 2.29 bits per heavy atom. The minimum atomic E-state index is 0.904. The summed E-state index contributed by atoms with van der Waals surface area (Å²) in [6.45, 7) is 7.41. The van der Waals surface area contributed by atoms with Gasteiger partial charge in [0, 0.05) is 19.5 Å². The maximum atomic E-state index is 6.45. The van der Waals surface area contributed by atoms with Gasteiger partial charge >= 0.3 is 0 Å². The molecule has 0 saturated heterocycles. The van der Waals surface area contributed by atoms with Crippen LogP contribution in [0.2, 0.25) is 0 Å². The molecule has 0 fully saturated rings. The fourth-order valence-corrected chi connectivity index (χ4v) is 2.00. The van der Waals surface area contributed by atoms with Crippen LogP contribution in [0.1, 0.15) is 13.8 Å². The topological polar surface area (TPSA) is 54.6 Å². The van der Waals surface area contributed by atoms with Crippen LogP contribution in [0.25, 0.3) is 22.6 Å². The van der Waals surface area contributed by atoms with Gasteiger partial charge in [-0.05, 0) is 30.3 Å². The van der Waals surface area contributed by atoms with Gasteiger partial charge in [0.2, 0.25) is 0 Å². The van der Waals surface area contributed by atoms with E-state index in [-0.39, 0.29) is 0 Å². The van der Waals surface area contributed by atoms with Crippen LogP contribution in [-0.4, -0.2) is 20.7 Å². The first kappa shape index (κ1) is 19.0. The molecule has 0 spiro atoms. The maximum Gasteiger partial charge on any atom is 0.159 e. The zero-order valence-corrected chi connectivity index (χ0v) is 14.5. The van der Waals surface area contributed by atoms with Crippen LogP contribution in [0.15, 0.2) is 73.5 Å². The number of nitrogens with zero attached hydrogens (tertiary/aromatic N) is 3. The lowest BCUT2D eigenvalue weighted by Crippen LogP contribution is -1.93. The van der Waals surface area contributed by atoms with Crippen molar-refractivity contribution in [2.75, 3.05) is 0 Å². The van der Waals surface area contributed by atoms with E-state index >= 15 is 0 Å². The van der Waals surface area contributed by atoms with Crippen molar-refractivity contribution < 1.29 is 0 Å². The summed E-state index contributed by atoms with van der Waals surface area (Å²) in [4.78, 5) is 8.90. The van der Waals surface area contributed by atoms with Crippen LogP contribution >= 0.6 is 0 Å². The zero-order valence-electron chi connectivity index (χ0n) is 14.5. The van der Waals surface area contributed by atoms with Crippen molar-refractivity contribution in [1.82, 2.24) is 14.5 Å². The van der Waals surface area contributed by atoms with E-state index in [0.29, 0.717) is 0 Å². The Labute approximate surface area is 143 Å². The third-order valence-electron chi connectivity index (χ3n) is 3.02. The summed E-state index contributed by atoms with van der Waals surface area (Å²) < 4.78 is 2.07. The van der Waals surface area contributed by atoms with E-state index in [1.165, 1.54) is 6.21 Å². The highest BCUT2D eigenvalue weighted by atomic mass is 15.1. The van der Waals surface area contributed by atoms with E-state index in [9.17, 15) is 0 Å². The second kappa shape index (κ2) is 10.7. The van der Waals surface area contributed by atoms with Crippen molar-refractivity contribution in [1.29, 1.82) is 5.41 Å². The number of para-hydroxylation sites is 2. The summed E-state index contributed by atoms with van der Waals surface area (Å²) in [5.74, 6) is 0.904. The lowest BCUT2D eigenvalue weighted by atomic mass is 10.3. The number of pyridine rings is 1. The normalized spacial score (nSPS) is 9.62. The number of rotatable bonds is 3. The summed E-state index contributed by atoms with van der Waals surface area (Å²) in [5.41, 5.74) is 3.04. The van der Waals surface area contributed by atoms with Gasteiger partial charge in [0.15, 0.2) is 5.82 Å². The highest BCUT2D eigenvalue weighted by Gasteiger charge is 2.09. The van der Waals surface area contributed by atoms with E-state index < -0.39 is 0 Å². The molecule has 0 unspecified atom stereocenters. The third-order valence-corrected chi connectivity index (χ3v) is 3.02. The van der Waals surface area contributed by atoms with E-state index in [1.807, 2.05) is 57.3 Å². The molecule has 1 N–H and O–H groups in total. The molecule has 4 nitrogen and oxygen atoms in total. The van der Waals surface area contributed by atoms with Crippen LogP contribution in [-0.2, 0) is 7.05 Å². The van der Waals surface area contributed by atoms with Gasteiger partial charge in [0.05, 0.1) is 11.0 Å². The second-order valence-corrected chi connectivity index (χ2v) is 4.49. The summed E-state index contributed by atoms with van der Waals surface area (Å²) >= 11 is 0. The fraction of sp³-hybridized carbons (Fsp3) is 0.150. The van der Waals surface area contributed by atoms with Crippen LogP contribution in [0, 0.1) is 5.41 Å². The first-order valence-corrected chi connectivity index (χ1v) is 7.89. The van der Waals surface area contributed by atoms with Crippen LogP contribution in [0.4, 0.5) is 0 Å². The third kappa shape index (κ3) is 5.02. The average Bonchev–Trinajstić information content (AvgIpc) is 3.00. The number of nitrogens with one attached hydrogen (secondary N) is 1. The number of aromatic nitrogens is 3. The van der Waals surface area contributed by atoms with Gasteiger partial charge in [0.25, 0.3) is 0 Å². The lowest BCUT2D eigenvalue weighted by Gasteiger charge is -2.00. The van der Waals surface area contributed by atoms with Gasteiger partial charge in [-0.1, -0.05) is 50.8 Å². The van der Waals surface area contributed by atoms with Gasteiger partial charge in [-0.25, -0.2) is 4.98 Å². The molecule has 2 aromatic heterocycles. The molecule has 0 atom stereocenters. The number of allylic oxidation sites excluding steroid dienone is 3. The number of hydrogen-bond acceptors (Lipinski definition) is 3. The minimum absolute atomic E-state index is 0.904. The Morgan fingerprint density at radius 1 is 1.04 bits per heavy atom. The minimum Gasteiger partial charge on any atom is -0.326 e. The Bertz CT molecular complexity index is 776. The zero-order chi connectivity index (χ0) is 17.8. The second-order valence-electron chi connectivity index (χ2n) is 4.49. The molecule has 0 aliphatic heterocycles. The molecule has 2 heterocycles.